The summed E-state index contributed by atoms with van der Waals surface area (Å²) in [5.41, 5.74) is -0.738. The first-order valence-corrected chi connectivity index (χ1v) is 11.5. The number of anilines is 2. The summed E-state index contributed by atoms with van der Waals surface area (Å²) in [6.07, 6.45) is 1.12. The fourth-order valence-corrected chi connectivity index (χ4v) is 4.73. The van der Waals surface area contributed by atoms with Crippen LogP contribution in [0.5, 0.6) is 0 Å². The van der Waals surface area contributed by atoms with Crippen LogP contribution >= 0.6 is 11.9 Å². The van der Waals surface area contributed by atoms with E-state index in [1.54, 1.807) is 11.9 Å². The fraction of sp³-hybridized carbons (Fsp3) is 0.789. The number of likely N-dealkylation sites (N-methyl/N-ethyl adjacent to an activating group) is 1. The quantitative estimate of drug-likeness (QED) is 0.444. The molecule has 0 atom stereocenters. The number of alkyl halides is 3. The van der Waals surface area contributed by atoms with Crippen LogP contribution in [-0.4, -0.2) is 94.8 Å². The Morgan fingerprint density at radius 1 is 1.23 bits per heavy atom. The molecule has 0 unspecified atom stereocenters. The van der Waals surface area contributed by atoms with Gasteiger partial charge in [0.1, 0.15) is 11.4 Å². The highest BCUT2D eigenvalue weighted by Gasteiger charge is 2.86. The summed E-state index contributed by atoms with van der Waals surface area (Å²) in [7, 11) is 4.08. The van der Waals surface area contributed by atoms with Crippen molar-refractivity contribution < 1.29 is 13.2 Å². The molecule has 3 fully saturated rings. The highest BCUT2D eigenvalue weighted by Crippen LogP contribution is 2.75. The molecule has 0 bridgehead atoms. The summed E-state index contributed by atoms with van der Waals surface area (Å²) < 4.78 is 42.2. The van der Waals surface area contributed by atoms with Gasteiger partial charge in [0.2, 0.25) is 5.95 Å². The predicted molar refractivity (Wildman–Crippen MR) is 114 cm³/mol. The van der Waals surface area contributed by atoms with Crippen LogP contribution in [0.1, 0.15) is 24.8 Å². The van der Waals surface area contributed by atoms with Crippen LogP contribution in [0.15, 0.2) is 6.20 Å². The van der Waals surface area contributed by atoms with Crippen LogP contribution in [0.4, 0.5) is 24.9 Å². The maximum Gasteiger partial charge on any atom is 0.421 e. The largest absolute Gasteiger partial charge is 0.421 e. The van der Waals surface area contributed by atoms with E-state index < -0.39 is 11.7 Å². The molecular formula is C19H30F3N7S. The smallest absolute Gasteiger partial charge is 0.369 e. The van der Waals surface area contributed by atoms with E-state index in [0.29, 0.717) is 6.54 Å². The lowest BCUT2D eigenvalue weighted by atomic mass is 10.2. The first-order valence-electron chi connectivity index (χ1n) is 10.3. The van der Waals surface area contributed by atoms with Gasteiger partial charge in [-0.15, -0.1) is 0 Å². The van der Waals surface area contributed by atoms with Crippen molar-refractivity contribution in [3.8, 4) is 0 Å². The van der Waals surface area contributed by atoms with Gasteiger partial charge in [0, 0.05) is 51.0 Å². The number of halogens is 3. The molecule has 168 valence electrons. The molecule has 3 aliphatic rings. The first-order chi connectivity index (χ1) is 14.2. The highest BCUT2D eigenvalue weighted by molar-refractivity contribution is 7.96. The van der Waals surface area contributed by atoms with Gasteiger partial charge < -0.3 is 15.5 Å². The second-order valence-corrected chi connectivity index (χ2v) is 9.64. The van der Waals surface area contributed by atoms with E-state index in [1.165, 1.54) is 0 Å². The molecule has 4 rings (SSSR count). The topological polar surface area (TPSA) is 59.6 Å². The van der Waals surface area contributed by atoms with Gasteiger partial charge in [-0.1, -0.05) is 11.9 Å². The Bertz CT molecular complexity index is 761. The first kappa shape index (κ1) is 21.9. The van der Waals surface area contributed by atoms with Crippen LogP contribution in [0.25, 0.3) is 0 Å². The van der Waals surface area contributed by atoms with Crippen LogP contribution < -0.4 is 10.6 Å². The van der Waals surface area contributed by atoms with Gasteiger partial charge in [-0.25, -0.2) is 4.98 Å². The number of hydrogen-bond acceptors (Lipinski definition) is 8. The fourth-order valence-electron chi connectivity index (χ4n) is 4.42. The lowest BCUT2D eigenvalue weighted by Gasteiger charge is -2.34. The zero-order chi connectivity index (χ0) is 21.6. The van der Waals surface area contributed by atoms with E-state index in [1.807, 2.05) is 17.6 Å². The molecule has 0 radical (unpaired) electrons. The van der Waals surface area contributed by atoms with Gasteiger partial charge in [0.15, 0.2) is 0 Å². The highest BCUT2D eigenvalue weighted by atomic mass is 32.2. The molecule has 2 N–H and O–H groups in total. The summed E-state index contributed by atoms with van der Waals surface area (Å²) in [6, 6.07) is 0. The third-order valence-electron chi connectivity index (χ3n) is 6.64. The number of aromatic nitrogens is 2. The van der Waals surface area contributed by atoms with Gasteiger partial charge in [-0.3, -0.25) is 9.21 Å². The molecule has 30 heavy (non-hydrogen) atoms. The maximum absolute atomic E-state index is 13.4. The van der Waals surface area contributed by atoms with Gasteiger partial charge in [0.25, 0.3) is 0 Å². The van der Waals surface area contributed by atoms with Crippen molar-refractivity contribution >= 4 is 23.7 Å². The van der Waals surface area contributed by atoms with Crippen LogP contribution in [0.2, 0.25) is 0 Å². The number of fused-ring (bicyclic) bond motifs is 1. The molecule has 0 spiro atoms. The SMILES string of the molecule is CSN(C)CCCNc1nc(NC23CC2(N2CCN(C)CC2)C3)ncc1C(F)(F)F. The number of nitrogens with one attached hydrogen (secondary N) is 2. The third kappa shape index (κ3) is 4.21. The van der Waals surface area contributed by atoms with Gasteiger partial charge in [0.05, 0.1) is 5.54 Å². The van der Waals surface area contributed by atoms with Crippen molar-refractivity contribution in [2.24, 2.45) is 0 Å². The van der Waals surface area contributed by atoms with E-state index in [-0.39, 0.29) is 22.8 Å². The summed E-state index contributed by atoms with van der Waals surface area (Å²) in [6.45, 7) is 5.36. The average molecular weight is 446 g/mol. The van der Waals surface area contributed by atoms with Crippen molar-refractivity contribution in [2.75, 3.05) is 70.3 Å². The second kappa shape index (κ2) is 7.99. The summed E-state index contributed by atoms with van der Waals surface area (Å²) >= 11 is 1.59. The number of nitrogens with zero attached hydrogens (tertiary/aromatic N) is 5. The van der Waals surface area contributed by atoms with Crippen molar-refractivity contribution in [1.29, 1.82) is 0 Å². The lowest BCUT2D eigenvalue weighted by molar-refractivity contribution is -0.137. The summed E-state index contributed by atoms with van der Waals surface area (Å²) in [4.78, 5) is 13.1. The Hall–Kier alpha value is -1.30. The van der Waals surface area contributed by atoms with Crippen molar-refractivity contribution in [3.63, 3.8) is 0 Å². The molecule has 0 amide bonds. The Kier molecular flexibility index (Phi) is 5.84. The Morgan fingerprint density at radius 2 is 1.93 bits per heavy atom. The minimum atomic E-state index is -4.49. The molecule has 2 saturated carbocycles. The van der Waals surface area contributed by atoms with Crippen molar-refractivity contribution in [2.45, 2.75) is 36.5 Å². The van der Waals surface area contributed by atoms with Crippen LogP contribution in [0, 0.1) is 0 Å². The molecule has 1 aromatic heterocycles. The van der Waals surface area contributed by atoms with E-state index in [2.05, 4.69) is 37.4 Å². The number of rotatable bonds is 9. The molecule has 1 saturated heterocycles. The van der Waals surface area contributed by atoms with Gasteiger partial charge in [-0.05, 0) is 39.6 Å². The second-order valence-electron chi connectivity index (χ2n) is 8.65. The standard InChI is InChI=1S/C19H30F3N7S/c1-27-7-9-29(10-8-27)18-12-17(18,13-18)26-16-24-11-14(19(20,21)22)15(25-16)23-5-4-6-28(2)30-3/h11H,4-10,12-13H2,1-3H3,(H2,23,24,25,26). The average Bonchev–Trinajstić information content (AvgIpc) is 3.51. The van der Waals surface area contributed by atoms with E-state index in [9.17, 15) is 13.2 Å². The maximum atomic E-state index is 13.4. The molecule has 2 heterocycles. The predicted octanol–water partition coefficient (Wildman–Crippen LogP) is 2.45. The number of piperazine rings is 1. The molecule has 11 heteroatoms. The van der Waals surface area contributed by atoms with Crippen molar-refractivity contribution in [3.05, 3.63) is 11.8 Å². The van der Waals surface area contributed by atoms with Crippen molar-refractivity contribution in [1.82, 2.24) is 24.1 Å². The Morgan fingerprint density at radius 3 is 2.57 bits per heavy atom. The minimum absolute atomic E-state index is 0.0685. The summed E-state index contributed by atoms with van der Waals surface area (Å²) in [5.74, 6) is 0.134. The molecule has 1 aliphatic heterocycles. The zero-order valence-electron chi connectivity index (χ0n) is 17.7. The van der Waals surface area contributed by atoms with Gasteiger partial charge in [-0.2, -0.15) is 18.2 Å². The Labute approximate surface area is 179 Å². The molecule has 2 aliphatic carbocycles. The molecular weight excluding hydrogens is 415 g/mol. The monoisotopic (exact) mass is 445 g/mol. The Balaban J connectivity index is 1.40. The minimum Gasteiger partial charge on any atom is -0.369 e. The zero-order valence-corrected chi connectivity index (χ0v) is 18.5. The van der Waals surface area contributed by atoms with Gasteiger partial charge >= 0.3 is 6.18 Å². The molecule has 0 aromatic carbocycles. The molecule has 7 nitrogen and oxygen atoms in total. The molecule has 1 aromatic rings. The third-order valence-corrected chi connectivity index (χ3v) is 7.44. The normalized spacial score (nSPS) is 29.0. The summed E-state index contributed by atoms with van der Waals surface area (Å²) in [5, 5.41) is 6.23. The van der Waals surface area contributed by atoms with E-state index in [0.717, 1.165) is 58.2 Å². The number of hydrogen-bond donors (Lipinski definition) is 2. The van der Waals surface area contributed by atoms with Crippen LogP contribution in [-0.2, 0) is 6.18 Å². The van der Waals surface area contributed by atoms with E-state index >= 15 is 0 Å². The lowest BCUT2D eigenvalue weighted by Crippen LogP contribution is -2.47. The van der Waals surface area contributed by atoms with E-state index in [4.69, 9.17) is 0 Å². The van der Waals surface area contributed by atoms with Crippen LogP contribution in [0.3, 0.4) is 0 Å².